The van der Waals surface area contributed by atoms with Crippen molar-refractivity contribution in [3.63, 3.8) is 0 Å². The molecule has 0 fully saturated rings. The molecule has 1 nitrogen and oxygen atoms in total. The number of hydrogen-bond donors (Lipinski definition) is 1. The molecule has 0 bridgehead atoms. The molecule has 1 unspecified atom stereocenters. The smallest absolute Gasteiger partial charge is 0.0431 e. The minimum absolute atomic E-state index is 0.309. The third-order valence-corrected chi connectivity index (χ3v) is 3.03. The first-order valence-electron chi connectivity index (χ1n) is 6.01. The molecule has 0 saturated heterocycles. The van der Waals surface area contributed by atoms with Gasteiger partial charge in [-0.2, -0.15) is 0 Å². The highest BCUT2D eigenvalue weighted by atomic mass is 16.2. The van der Waals surface area contributed by atoms with E-state index in [1.165, 1.54) is 11.1 Å². The molecule has 0 heterocycles. The molecule has 0 saturated carbocycles. The zero-order valence-electron chi connectivity index (χ0n) is 9.87. The Labute approximate surface area is 93.1 Å². The van der Waals surface area contributed by atoms with E-state index in [9.17, 15) is 0 Å². The van der Waals surface area contributed by atoms with Crippen LogP contribution in [0.1, 0.15) is 50.2 Å². The molecule has 0 aliphatic rings. The van der Waals surface area contributed by atoms with Gasteiger partial charge >= 0.3 is 0 Å². The highest BCUT2D eigenvalue weighted by molar-refractivity contribution is 5.26. The highest BCUT2D eigenvalue weighted by Gasteiger charge is 2.08. The molecule has 1 aromatic carbocycles. The van der Waals surface area contributed by atoms with Gasteiger partial charge in [0.15, 0.2) is 0 Å². The molecule has 84 valence electrons. The molecule has 1 heteroatoms. The Hall–Kier alpha value is -0.820. The van der Waals surface area contributed by atoms with E-state index in [-0.39, 0.29) is 0 Å². The van der Waals surface area contributed by atoms with E-state index in [2.05, 4.69) is 38.1 Å². The molecule has 0 aromatic heterocycles. The number of aliphatic hydroxyl groups excluding tert-OH is 1. The van der Waals surface area contributed by atoms with Gasteiger partial charge in [0.1, 0.15) is 0 Å². The summed E-state index contributed by atoms with van der Waals surface area (Å²) < 4.78 is 0. The zero-order chi connectivity index (χ0) is 11.1. The summed E-state index contributed by atoms with van der Waals surface area (Å²) in [5, 5.41) is 8.86. The number of hydrogen-bond acceptors (Lipinski definition) is 1. The van der Waals surface area contributed by atoms with Crippen LogP contribution in [0.15, 0.2) is 24.3 Å². The van der Waals surface area contributed by atoms with Gasteiger partial charge in [-0.05, 0) is 42.7 Å². The van der Waals surface area contributed by atoms with Gasteiger partial charge in [0.05, 0.1) is 0 Å². The number of aliphatic hydroxyl groups is 1. The monoisotopic (exact) mass is 206 g/mol. The van der Waals surface area contributed by atoms with Crippen molar-refractivity contribution in [2.45, 2.75) is 45.4 Å². The maximum absolute atomic E-state index is 8.86. The summed E-state index contributed by atoms with van der Waals surface area (Å²) in [4.78, 5) is 0. The van der Waals surface area contributed by atoms with Crippen LogP contribution in [0.5, 0.6) is 0 Å². The van der Waals surface area contributed by atoms with Gasteiger partial charge in [-0.25, -0.2) is 0 Å². The zero-order valence-corrected chi connectivity index (χ0v) is 9.87. The van der Waals surface area contributed by atoms with Crippen molar-refractivity contribution >= 4 is 0 Å². The molecule has 0 aliphatic heterocycles. The first-order chi connectivity index (χ1) is 7.31. The summed E-state index contributed by atoms with van der Waals surface area (Å²) >= 11 is 0. The molecule has 0 radical (unpaired) electrons. The summed E-state index contributed by atoms with van der Waals surface area (Å²) in [6, 6.07) is 8.86. The normalized spacial score (nSPS) is 12.7. The average Bonchev–Trinajstić information content (AvgIpc) is 2.30. The predicted molar refractivity (Wildman–Crippen MR) is 65.2 cm³/mol. The van der Waals surface area contributed by atoms with Crippen molar-refractivity contribution in [1.82, 2.24) is 0 Å². The SMILES string of the molecule is CCc1cccc(C(CC)CCCO)c1. The van der Waals surface area contributed by atoms with E-state index in [1.54, 1.807) is 0 Å². The van der Waals surface area contributed by atoms with Gasteiger partial charge in [0.25, 0.3) is 0 Å². The lowest BCUT2D eigenvalue weighted by Gasteiger charge is -2.15. The molecule has 0 aliphatic carbocycles. The van der Waals surface area contributed by atoms with Crippen LogP contribution in [0.2, 0.25) is 0 Å². The van der Waals surface area contributed by atoms with Crippen molar-refractivity contribution in [2.24, 2.45) is 0 Å². The molecule has 15 heavy (non-hydrogen) atoms. The molecule has 1 N–H and O–H groups in total. The minimum atomic E-state index is 0.309. The maximum atomic E-state index is 8.86. The van der Waals surface area contributed by atoms with Crippen LogP contribution in [0.3, 0.4) is 0 Å². The summed E-state index contributed by atoms with van der Waals surface area (Å²) in [5.41, 5.74) is 2.85. The first-order valence-corrected chi connectivity index (χ1v) is 6.01. The number of rotatable bonds is 6. The Morgan fingerprint density at radius 2 is 2.07 bits per heavy atom. The van der Waals surface area contributed by atoms with Crippen molar-refractivity contribution in [3.05, 3.63) is 35.4 Å². The Morgan fingerprint density at radius 1 is 1.27 bits per heavy atom. The summed E-state index contributed by atoms with van der Waals surface area (Å²) in [6.45, 7) is 4.72. The maximum Gasteiger partial charge on any atom is 0.0431 e. The number of benzene rings is 1. The van der Waals surface area contributed by atoms with Crippen molar-refractivity contribution in [3.8, 4) is 0 Å². The van der Waals surface area contributed by atoms with Crippen LogP contribution in [0.25, 0.3) is 0 Å². The van der Waals surface area contributed by atoms with E-state index < -0.39 is 0 Å². The largest absolute Gasteiger partial charge is 0.396 e. The highest BCUT2D eigenvalue weighted by Crippen LogP contribution is 2.25. The van der Waals surface area contributed by atoms with Crippen molar-refractivity contribution in [2.75, 3.05) is 6.61 Å². The summed E-state index contributed by atoms with van der Waals surface area (Å²) in [5.74, 6) is 0.614. The Balaban J connectivity index is 2.72. The third-order valence-electron chi connectivity index (χ3n) is 3.03. The molecular formula is C14H22O. The predicted octanol–water partition coefficient (Wildman–Crippen LogP) is 3.52. The molecule has 1 aromatic rings. The fourth-order valence-electron chi connectivity index (χ4n) is 2.01. The Bertz CT molecular complexity index is 280. The fourth-order valence-corrected chi connectivity index (χ4v) is 2.01. The number of aryl methyl sites for hydroxylation is 1. The van der Waals surface area contributed by atoms with Crippen LogP contribution in [-0.2, 0) is 6.42 Å². The lowest BCUT2D eigenvalue weighted by Crippen LogP contribution is -1.99. The van der Waals surface area contributed by atoms with Crippen LogP contribution >= 0.6 is 0 Å². The van der Waals surface area contributed by atoms with E-state index in [0.717, 1.165) is 25.7 Å². The quantitative estimate of drug-likeness (QED) is 0.755. The van der Waals surface area contributed by atoms with Gasteiger partial charge in [-0.15, -0.1) is 0 Å². The molecule has 0 amide bonds. The molecular weight excluding hydrogens is 184 g/mol. The van der Waals surface area contributed by atoms with Gasteiger partial charge in [-0.3, -0.25) is 0 Å². The lowest BCUT2D eigenvalue weighted by atomic mass is 9.90. The Morgan fingerprint density at radius 3 is 2.67 bits per heavy atom. The lowest BCUT2D eigenvalue weighted by molar-refractivity contribution is 0.279. The van der Waals surface area contributed by atoms with Gasteiger partial charge in [0.2, 0.25) is 0 Å². The summed E-state index contributed by atoms with van der Waals surface area (Å²) in [6.07, 6.45) is 4.27. The minimum Gasteiger partial charge on any atom is -0.396 e. The first kappa shape index (κ1) is 12.3. The second-order valence-electron chi connectivity index (χ2n) is 4.07. The third kappa shape index (κ3) is 3.67. The van der Waals surface area contributed by atoms with E-state index >= 15 is 0 Å². The average molecular weight is 206 g/mol. The van der Waals surface area contributed by atoms with E-state index in [0.29, 0.717) is 12.5 Å². The molecule has 1 rings (SSSR count). The van der Waals surface area contributed by atoms with Gasteiger partial charge in [-0.1, -0.05) is 38.1 Å². The standard InChI is InChI=1S/C14H22O/c1-3-12-7-5-8-14(11-12)13(4-2)9-6-10-15/h5,7-8,11,13,15H,3-4,6,9-10H2,1-2H3. The summed E-state index contributed by atoms with van der Waals surface area (Å²) in [7, 11) is 0. The second-order valence-corrected chi connectivity index (χ2v) is 4.07. The molecule has 0 spiro atoms. The van der Waals surface area contributed by atoms with Gasteiger partial charge in [0, 0.05) is 6.61 Å². The van der Waals surface area contributed by atoms with Crippen LogP contribution in [0, 0.1) is 0 Å². The van der Waals surface area contributed by atoms with Crippen LogP contribution < -0.4 is 0 Å². The van der Waals surface area contributed by atoms with Crippen molar-refractivity contribution < 1.29 is 5.11 Å². The van der Waals surface area contributed by atoms with Gasteiger partial charge < -0.3 is 5.11 Å². The Kier molecular flexibility index (Phi) is 5.41. The van der Waals surface area contributed by atoms with Crippen LogP contribution in [-0.4, -0.2) is 11.7 Å². The molecule has 1 atom stereocenters. The fraction of sp³-hybridized carbons (Fsp3) is 0.571. The van der Waals surface area contributed by atoms with E-state index in [1.807, 2.05) is 0 Å². The van der Waals surface area contributed by atoms with Crippen LogP contribution in [0.4, 0.5) is 0 Å². The van der Waals surface area contributed by atoms with E-state index in [4.69, 9.17) is 5.11 Å². The van der Waals surface area contributed by atoms with Crippen molar-refractivity contribution in [1.29, 1.82) is 0 Å². The topological polar surface area (TPSA) is 20.2 Å². The second kappa shape index (κ2) is 6.62.